The lowest BCUT2D eigenvalue weighted by Gasteiger charge is -2.26. The third-order valence-corrected chi connectivity index (χ3v) is 5.59. The largest absolute Gasteiger partial charge is 0.356 e. The predicted octanol–water partition coefficient (Wildman–Crippen LogP) is 2.45. The van der Waals surface area contributed by atoms with E-state index in [0.717, 1.165) is 29.1 Å². The van der Waals surface area contributed by atoms with E-state index in [-0.39, 0.29) is 5.91 Å². The minimum atomic E-state index is 0.113. The number of hydrogen-bond acceptors (Lipinski definition) is 3. The number of halogens is 1. The maximum Gasteiger partial charge on any atom is 0.224 e. The smallest absolute Gasteiger partial charge is 0.224 e. The van der Waals surface area contributed by atoms with Gasteiger partial charge in [0.05, 0.1) is 0 Å². The monoisotopic (exact) mass is 437 g/mol. The van der Waals surface area contributed by atoms with E-state index in [2.05, 4.69) is 36.5 Å². The second-order valence-electron chi connectivity index (χ2n) is 6.92. The minimum Gasteiger partial charge on any atom is -0.356 e. The summed E-state index contributed by atoms with van der Waals surface area (Å²) < 4.78 is 1.03. The molecule has 6 nitrogen and oxygen atoms in total. The molecule has 0 aliphatic carbocycles. The van der Waals surface area contributed by atoms with Crippen LogP contribution in [0.1, 0.15) is 31.2 Å². The van der Waals surface area contributed by atoms with E-state index >= 15 is 0 Å². The van der Waals surface area contributed by atoms with Crippen LogP contribution in [0.25, 0.3) is 0 Å². The zero-order valence-corrected chi connectivity index (χ0v) is 18.1. The molecule has 0 bridgehead atoms. The van der Waals surface area contributed by atoms with Gasteiger partial charge in [-0.25, -0.2) is 0 Å². The number of hydrogen-bond donors (Lipinski definition) is 2. The van der Waals surface area contributed by atoms with Crippen molar-refractivity contribution in [3.8, 4) is 0 Å². The summed E-state index contributed by atoms with van der Waals surface area (Å²) in [5.41, 5.74) is 1.11. The summed E-state index contributed by atoms with van der Waals surface area (Å²) in [7, 11) is 3.60. The van der Waals surface area contributed by atoms with Crippen LogP contribution in [0, 0.1) is 0 Å². The molecule has 2 rings (SSSR count). The van der Waals surface area contributed by atoms with Crippen LogP contribution in [0.5, 0.6) is 0 Å². The number of aliphatic imine (C=N–C) groups is 1. The molecule has 0 radical (unpaired) electrons. The number of carbonyl (C=O) groups is 1. The molecule has 2 N–H and O–H groups in total. The summed E-state index contributed by atoms with van der Waals surface area (Å²) in [5.74, 6) is 0.871. The van der Waals surface area contributed by atoms with Crippen molar-refractivity contribution in [2.24, 2.45) is 4.99 Å². The first-order valence-corrected chi connectivity index (χ1v) is 10.5. The van der Waals surface area contributed by atoms with Gasteiger partial charge in [0.25, 0.3) is 0 Å². The SMILES string of the molecule is CN=C(NCCC(=O)N(C)Cc1ccccc1Br)NCCN1CCCCC1. The molecule has 1 heterocycles. The molecule has 1 saturated heterocycles. The third kappa shape index (κ3) is 7.89. The highest BCUT2D eigenvalue weighted by atomic mass is 79.9. The Bertz CT molecular complexity index is 616. The third-order valence-electron chi connectivity index (χ3n) is 4.82. The first-order chi connectivity index (χ1) is 13.1. The van der Waals surface area contributed by atoms with Gasteiger partial charge in [-0.05, 0) is 37.6 Å². The van der Waals surface area contributed by atoms with Gasteiger partial charge in [-0.3, -0.25) is 9.79 Å². The Morgan fingerprint density at radius 1 is 1.19 bits per heavy atom. The zero-order valence-electron chi connectivity index (χ0n) is 16.5. The van der Waals surface area contributed by atoms with Gasteiger partial charge < -0.3 is 20.4 Å². The Morgan fingerprint density at radius 2 is 1.89 bits per heavy atom. The Balaban J connectivity index is 1.64. The summed E-state index contributed by atoms with van der Waals surface area (Å²) >= 11 is 3.53. The first-order valence-electron chi connectivity index (χ1n) is 9.74. The lowest BCUT2D eigenvalue weighted by atomic mass is 10.1. The molecule has 150 valence electrons. The van der Waals surface area contributed by atoms with Crippen molar-refractivity contribution >= 4 is 27.8 Å². The van der Waals surface area contributed by atoms with Crippen molar-refractivity contribution in [3.05, 3.63) is 34.3 Å². The number of likely N-dealkylation sites (tertiary alicyclic amines) is 1. The number of piperidine rings is 1. The van der Waals surface area contributed by atoms with E-state index in [4.69, 9.17) is 0 Å². The quantitative estimate of drug-likeness (QED) is 0.484. The Kier molecular flexibility index (Phi) is 9.62. The minimum absolute atomic E-state index is 0.113. The normalized spacial score (nSPS) is 15.4. The van der Waals surface area contributed by atoms with Crippen LogP contribution < -0.4 is 10.6 Å². The molecule has 0 unspecified atom stereocenters. The maximum atomic E-state index is 12.4. The molecule has 0 spiro atoms. The van der Waals surface area contributed by atoms with Crippen LogP contribution in [0.3, 0.4) is 0 Å². The van der Waals surface area contributed by atoms with Crippen LogP contribution in [0.4, 0.5) is 0 Å². The highest BCUT2D eigenvalue weighted by molar-refractivity contribution is 9.10. The van der Waals surface area contributed by atoms with Gasteiger partial charge in [0.1, 0.15) is 0 Å². The molecular formula is C20H32BrN5O. The van der Waals surface area contributed by atoms with Crippen molar-refractivity contribution in [2.45, 2.75) is 32.2 Å². The zero-order chi connectivity index (χ0) is 19.5. The van der Waals surface area contributed by atoms with Gasteiger partial charge in [-0.1, -0.05) is 40.5 Å². The van der Waals surface area contributed by atoms with E-state index in [1.807, 2.05) is 31.3 Å². The van der Waals surface area contributed by atoms with E-state index in [1.165, 1.54) is 32.4 Å². The fourth-order valence-corrected chi connectivity index (χ4v) is 3.60. The highest BCUT2D eigenvalue weighted by Crippen LogP contribution is 2.17. The average Bonchev–Trinajstić information content (AvgIpc) is 2.69. The first kappa shape index (κ1) is 21.7. The van der Waals surface area contributed by atoms with Gasteiger partial charge in [0.15, 0.2) is 5.96 Å². The lowest BCUT2D eigenvalue weighted by molar-refractivity contribution is -0.130. The number of nitrogens with one attached hydrogen (secondary N) is 2. The number of amides is 1. The molecule has 1 fully saturated rings. The van der Waals surface area contributed by atoms with Crippen molar-refractivity contribution < 1.29 is 4.79 Å². The fraction of sp³-hybridized carbons (Fsp3) is 0.600. The molecule has 1 aromatic rings. The van der Waals surface area contributed by atoms with E-state index < -0.39 is 0 Å². The Hall–Kier alpha value is -1.60. The topological polar surface area (TPSA) is 60.0 Å². The van der Waals surface area contributed by atoms with Crippen LogP contribution >= 0.6 is 15.9 Å². The molecule has 1 aliphatic heterocycles. The van der Waals surface area contributed by atoms with E-state index in [0.29, 0.717) is 19.5 Å². The molecule has 1 aliphatic rings. The molecule has 0 aromatic heterocycles. The van der Waals surface area contributed by atoms with Crippen molar-refractivity contribution in [1.82, 2.24) is 20.4 Å². The molecule has 1 amide bonds. The summed E-state index contributed by atoms with van der Waals surface area (Å²) in [6, 6.07) is 7.98. The summed E-state index contributed by atoms with van der Waals surface area (Å²) in [5, 5.41) is 6.56. The van der Waals surface area contributed by atoms with Crippen LogP contribution in [0.2, 0.25) is 0 Å². The second-order valence-corrected chi connectivity index (χ2v) is 7.77. The molecule has 27 heavy (non-hydrogen) atoms. The number of nitrogens with zero attached hydrogens (tertiary/aromatic N) is 3. The van der Waals surface area contributed by atoms with Gasteiger partial charge in [0.2, 0.25) is 5.91 Å². The summed E-state index contributed by atoms with van der Waals surface area (Å²) in [6.45, 7) is 5.48. The van der Waals surface area contributed by atoms with Crippen molar-refractivity contribution in [2.75, 3.05) is 46.8 Å². The van der Waals surface area contributed by atoms with Gasteiger partial charge in [-0.15, -0.1) is 0 Å². The summed E-state index contributed by atoms with van der Waals surface area (Å²) in [6.07, 6.45) is 4.41. The van der Waals surface area contributed by atoms with Gasteiger partial charge in [-0.2, -0.15) is 0 Å². The molecule has 0 atom stereocenters. The fourth-order valence-electron chi connectivity index (χ4n) is 3.19. The molecule has 1 aromatic carbocycles. The van der Waals surface area contributed by atoms with Crippen LogP contribution in [-0.4, -0.2) is 68.5 Å². The Morgan fingerprint density at radius 3 is 2.59 bits per heavy atom. The van der Waals surface area contributed by atoms with Crippen molar-refractivity contribution in [1.29, 1.82) is 0 Å². The van der Waals surface area contributed by atoms with Gasteiger partial charge >= 0.3 is 0 Å². The van der Waals surface area contributed by atoms with Crippen molar-refractivity contribution in [3.63, 3.8) is 0 Å². The standard InChI is InChI=1S/C20H32BrN5O/c1-22-20(24-12-15-26-13-6-3-7-14-26)23-11-10-19(27)25(2)16-17-8-4-5-9-18(17)21/h4-5,8-9H,3,6-7,10-16H2,1-2H3,(H2,22,23,24). The second kappa shape index (κ2) is 12.0. The van der Waals surface area contributed by atoms with Gasteiger partial charge in [0, 0.05) is 51.2 Å². The number of guanidine groups is 1. The molecular weight excluding hydrogens is 406 g/mol. The Labute approximate surface area is 171 Å². The lowest BCUT2D eigenvalue weighted by Crippen LogP contribution is -2.43. The number of carbonyl (C=O) groups excluding carboxylic acids is 1. The van der Waals surface area contributed by atoms with Crippen LogP contribution in [-0.2, 0) is 11.3 Å². The number of benzene rings is 1. The predicted molar refractivity (Wildman–Crippen MR) is 115 cm³/mol. The van der Waals surface area contributed by atoms with Crippen LogP contribution in [0.15, 0.2) is 33.7 Å². The average molecular weight is 438 g/mol. The van der Waals surface area contributed by atoms with E-state index in [9.17, 15) is 4.79 Å². The maximum absolute atomic E-state index is 12.4. The number of rotatable bonds is 8. The molecule has 0 saturated carbocycles. The molecule has 7 heteroatoms. The highest BCUT2D eigenvalue weighted by Gasteiger charge is 2.12. The van der Waals surface area contributed by atoms with E-state index in [1.54, 1.807) is 11.9 Å². The summed E-state index contributed by atoms with van der Waals surface area (Å²) in [4.78, 5) is 20.8.